The smallest absolute Gasteiger partial charge is 0.180 e. The molecule has 1 heterocycles. The Bertz CT molecular complexity index is 675. The van der Waals surface area contributed by atoms with Crippen molar-refractivity contribution >= 4 is 5.78 Å². The maximum absolute atomic E-state index is 12.7. The first kappa shape index (κ1) is 12.5. The minimum atomic E-state index is -0.794. The van der Waals surface area contributed by atoms with Crippen LogP contribution < -0.4 is 4.74 Å². The lowest BCUT2D eigenvalue weighted by atomic mass is 9.75. The van der Waals surface area contributed by atoms with E-state index in [4.69, 9.17) is 4.74 Å². The summed E-state index contributed by atoms with van der Waals surface area (Å²) in [6.45, 7) is 2.02. The SMILES string of the molecule is CC1(c2ccc(O)cc2)COc2cc(O)ccc2C1=O. The van der Waals surface area contributed by atoms with Crippen molar-refractivity contribution in [3.8, 4) is 17.2 Å². The summed E-state index contributed by atoms with van der Waals surface area (Å²) >= 11 is 0. The van der Waals surface area contributed by atoms with Crippen molar-refractivity contribution in [3.05, 3.63) is 53.6 Å². The van der Waals surface area contributed by atoms with Crippen LogP contribution in [0.5, 0.6) is 17.2 Å². The Balaban J connectivity index is 2.06. The molecule has 2 aromatic rings. The van der Waals surface area contributed by atoms with Crippen LogP contribution >= 0.6 is 0 Å². The van der Waals surface area contributed by atoms with Crippen LogP contribution in [-0.2, 0) is 5.41 Å². The highest BCUT2D eigenvalue weighted by Crippen LogP contribution is 2.38. The largest absolute Gasteiger partial charge is 0.508 e. The minimum absolute atomic E-state index is 0.0514. The Kier molecular flexibility index (Phi) is 2.67. The molecule has 0 radical (unpaired) electrons. The summed E-state index contributed by atoms with van der Waals surface area (Å²) in [7, 11) is 0. The number of phenols is 2. The van der Waals surface area contributed by atoms with Crippen LogP contribution in [0.3, 0.4) is 0 Å². The van der Waals surface area contributed by atoms with Gasteiger partial charge in [-0.1, -0.05) is 12.1 Å². The molecule has 0 aromatic heterocycles. The first-order valence-electron chi connectivity index (χ1n) is 6.31. The molecule has 3 rings (SSSR count). The van der Waals surface area contributed by atoms with Crippen molar-refractivity contribution in [1.29, 1.82) is 0 Å². The Labute approximate surface area is 116 Å². The Morgan fingerprint density at radius 1 is 1.05 bits per heavy atom. The number of carbonyl (C=O) groups is 1. The number of hydrogen-bond acceptors (Lipinski definition) is 4. The minimum Gasteiger partial charge on any atom is -0.508 e. The van der Waals surface area contributed by atoms with Gasteiger partial charge in [-0.3, -0.25) is 4.79 Å². The molecule has 0 fully saturated rings. The van der Waals surface area contributed by atoms with Gasteiger partial charge in [0, 0.05) is 6.07 Å². The molecule has 0 bridgehead atoms. The number of fused-ring (bicyclic) bond motifs is 1. The average Bonchev–Trinajstić information content (AvgIpc) is 2.44. The van der Waals surface area contributed by atoms with Crippen LogP contribution in [-0.4, -0.2) is 22.6 Å². The van der Waals surface area contributed by atoms with Crippen molar-refractivity contribution in [3.63, 3.8) is 0 Å². The third-order valence-electron chi connectivity index (χ3n) is 3.73. The molecule has 4 heteroatoms. The fourth-order valence-electron chi connectivity index (χ4n) is 2.45. The number of carbonyl (C=O) groups excluding carboxylic acids is 1. The van der Waals surface area contributed by atoms with E-state index in [1.54, 1.807) is 30.3 Å². The zero-order chi connectivity index (χ0) is 14.3. The summed E-state index contributed by atoms with van der Waals surface area (Å²) in [4.78, 5) is 12.7. The van der Waals surface area contributed by atoms with Gasteiger partial charge in [0.1, 0.15) is 23.9 Å². The predicted molar refractivity (Wildman–Crippen MR) is 73.4 cm³/mol. The van der Waals surface area contributed by atoms with Crippen molar-refractivity contribution in [2.75, 3.05) is 6.61 Å². The first-order valence-corrected chi connectivity index (χ1v) is 6.31. The molecular formula is C16H14O4. The molecule has 1 atom stereocenters. The predicted octanol–water partition coefficient (Wildman–Crippen LogP) is 2.63. The molecule has 1 aliphatic heterocycles. The molecule has 0 aliphatic carbocycles. The lowest BCUT2D eigenvalue weighted by Gasteiger charge is -2.33. The second-order valence-corrected chi connectivity index (χ2v) is 5.18. The highest BCUT2D eigenvalue weighted by molar-refractivity contribution is 6.07. The average molecular weight is 270 g/mol. The summed E-state index contributed by atoms with van der Waals surface area (Å²) in [5.41, 5.74) is 0.459. The van der Waals surface area contributed by atoms with Gasteiger partial charge in [-0.25, -0.2) is 0 Å². The van der Waals surface area contributed by atoms with Gasteiger partial charge >= 0.3 is 0 Å². The van der Waals surface area contributed by atoms with Gasteiger partial charge in [0.15, 0.2) is 5.78 Å². The van der Waals surface area contributed by atoms with E-state index >= 15 is 0 Å². The van der Waals surface area contributed by atoms with Gasteiger partial charge in [0.05, 0.1) is 11.0 Å². The highest BCUT2D eigenvalue weighted by Gasteiger charge is 2.41. The zero-order valence-electron chi connectivity index (χ0n) is 11.0. The summed E-state index contributed by atoms with van der Waals surface area (Å²) in [6.07, 6.45) is 0. The van der Waals surface area contributed by atoms with E-state index in [9.17, 15) is 15.0 Å². The number of hydrogen-bond donors (Lipinski definition) is 2. The fraction of sp³-hybridized carbons (Fsp3) is 0.188. The second-order valence-electron chi connectivity index (χ2n) is 5.18. The molecule has 102 valence electrons. The summed E-state index contributed by atoms with van der Waals surface area (Å²) < 4.78 is 5.63. The molecule has 2 N–H and O–H groups in total. The van der Waals surface area contributed by atoms with E-state index < -0.39 is 5.41 Å². The third kappa shape index (κ3) is 1.81. The van der Waals surface area contributed by atoms with E-state index in [0.717, 1.165) is 5.56 Å². The Hall–Kier alpha value is -2.49. The number of phenolic OH excluding ortho intramolecular Hbond substituents is 2. The van der Waals surface area contributed by atoms with Crippen LogP contribution in [0.4, 0.5) is 0 Å². The molecule has 4 nitrogen and oxygen atoms in total. The van der Waals surface area contributed by atoms with Crippen LogP contribution in [0.2, 0.25) is 0 Å². The molecular weight excluding hydrogens is 256 g/mol. The van der Waals surface area contributed by atoms with Crippen LogP contribution in [0, 0.1) is 0 Å². The first-order chi connectivity index (χ1) is 9.50. The van der Waals surface area contributed by atoms with Crippen molar-refractivity contribution < 1.29 is 19.7 Å². The summed E-state index contributed by atoms with van der Waals surface area (Å²) in [5, 5.41) is 18.8. The quantitative estimate of drug-likeness (QED) is 0.836. The van der Waals surface area contributed by atoms with Gasteiger partial charge in [-0.05, 0) is 36.8 Å². The molecule has 0 spiro atoms. The number of rotatable bonds is 1. The van der Waals surface area contributed by atoms with E-state index in [0.29, 0.717) is 11.3 Å². The maximum atomic E-state index is 12.7. The molecule has 1 aliphatic rings. The molecule has 2 aromatic carbocycles. The van der Waals surface area contributed by atoms with Crippen molar-refractivity contribution in [2.24, 2.45) is 0 Å². The summed E-state index contributed by atoms with van der Waals surface area (Å²) in [5.74, 6) is 0.590. The summed E-state index contributed by atoms with van der Waals surface area (Å²) in [6, 6.07) is 11.1. The lowest BCUT2D eigenvalue weighted by Crippen LogP contribution is -2.42. The van der Waals surface area contributed by atoms with Crippen molar-refractivity contribution in [2.45, 2.75) is 12.3 Å². The van der Waals surface area contributed by atoms with E-state index in [2.05, 4.69) is 0 Å². The fourth-order valence-corrected chi connectivity index (χ4v) is 2.45. The number of ether oxygens (including phenoxy) is 1. The molecule has 0 saturated carbocycles. The number of Topliss-reactive ketones (excluding diaryl/α,β-unsaturated/α-hetero) is 1. The van der Waals surface area contributed by atoms with Crippen molar-refractivity contribution in [1.82, 2.24) is 0 Å². The lowest BCUT2D eigenvalue weighted by molar-refractivity contribution is 0.0791. The third-order valence-corrected chi connectivity index (χ3v) is 3.73. The van der Waals surface area contributed by atoms with E-state index in [-0.39, 0.29) is 23.9 Å². The monoisotopic (exact) mass is 270 g/mol. The molecule has 1 unspecified atom stereocenters. The normalized spacial score (nSPS) is 21.1. The van der Waals surface area contributed by atoms with E-state index in [1.807, 2.05) is 6.92 Å². The highest BCUT2D eigenvalue weighted by atomic mass is 16.5. The number of benzene rings is 2. The number of aromatic hydroxyl groups is 2. The molecule has 20 heavy (non-hydrogen) atoms. The van der Waals surface area contributed by atoms with Crippen LogP contribution in [0.15, 0.2) is 42.5 Å². The Morgan fingerprint density at radius 3 is 2.40 bits per heavy atom. The molecule has 0 saturated heterocycles. The second kappa shape index (κ2) is 4.27. The maximum Gasteiger partial charge on any atom is 0.180 e. The van der Waals surface area contributed by atoms with Gasteiger partial charge < -0.3 is 14.9 Å². The Morgan fingerprint density at radius 2 is 1.70 bits per heavy atom. The number of ketones is 1. The van der Waals surface area contributed by atoms with Gasteiger partial charge in [0.2, 0.25) is 0 Å². The van der Waals surface area contributed by atoms with E-state index in [1.165, 1.54) is 12.1 Å². The van der Waals surface area contributed by atoms with Gasteiger partial charge in [0.25, 0.3) is 0 Å². The standard InChI is InChI=1S/C16H14O4/c1-16(10-2-4-11(17)5-3-10)9-20-14-8-12(18)6-7-13(14)15(16)19/h2-8,17-18H,9H2,1H3. The van der Waals surface area contributed by atoms with Crippen LogP contribution in [0.1, 0.15) is 22.8 Å². The topological polar surface area (TPSA) is 66.8 Å². The zero-order valence-corrected chi connectivity index (χ0v) is 11.0. The van der Waals surface area contributed by atoms with Gasteiger partial charge in [-0.15, -0.1) is 0 Å². The van der Waals surface area contributed by atoms with Gasteiger partial charge in [-0.2, -0.15) is 0 Å². The van der Waals surface area contributed by atoms with Crippen LogP contribution in [0.25, 0.3) is 0 Å². The molecule has 0 amide bonds.